The Hall–Kier alpha value is -3.62. The average Bonchev–Trinajstić information content (AvgIpc) is 3.51. The van der Waals surface area contributed by atoms with E-state index in [0.29, 0.717) is 24.1 Å². The molecular formula is C23H30N8O. The first kappa shape index (κ1) is 21.6. The first-order valence-corrected chi connectivity index (χ1v) is 11.0. The van der Waals surface area contributed by atoms with Crippen molar-refractivity contribution in [3.8, 4) is 0 Å². The summed E-state index contributed by atoms with van der Waals surface area (Å²) in [5.41, 5.74) is 2.58. The molecule has 2 N–H and O–H groups in total. The lowest BCUT2D eigenvalue weighted by Gasteiger charge is -2.24. The highest BCUT2D eigenvalue weighted by Gasteiger charge is 2.20. The fourth-order valence-electron chi connectivity index (χ4n) is 3.78. The molecule has 9 heteroatoms. The van der Waals surface area contributed by atoms with Crippen molar-refractivity contribution in [3.05, 3.63) is 54.1 Å². The van der Waals surface area contributed by atoms with Crippen molar-refractivity contribution in [1.29, 1.82) is 0 Å². The Morgan fingerprint density at radius 1 is 1.25 bits per heavy atom. The summed E-state index contributed by atoms with van der Waals surface area (Å²) in [4.78, 5) is 19.8. The summed E-state index contributed by atoms with van der Waals surface area (Å²) >= 11 is 0. The van der Waals surface area contributed by atoms with Gasteiger partial charge in [0.05, 0.1) is 5.69 Å². The first-order chi connectivity index (χ1) is 15.5. The number of hydrogen-bond acceptors (Lipinski definition) is 6. The number of rotatable bonds is 10. The van der Waals surface area contributed by atoms with Crippen LogP contribution in [0.5, 0.6) is 0 Å². The number of Topliss-reactive ketones (excluding diaryl/α,β-unsaturated/α-hetero) is 1. The Kier molecular flexibility index (Phi) is 6.25. The molecule has 0 fully saturated rings. The second-order valence-corrected chi connectivity index (χ2v) is 8.20. The predicted molar refractivity (Wildman–Crippen MR) is 126 cm³/mol. The van der Waals surface area contributed by atoms with Gasteiger partial charge in [-0.2, -0.15) is 10.1 Å². The number of hydrogen-bond donors (Lipinski definition) is 2. The first-order valence-electron chi connectivity index (χ1n) is 11.0. The molecule has 168 valence electrons. The quantitative estimate of drug-likeness (QED) is 0.367. The third kappa shape index (κ3) is 4.51. The smallest absolute Gasteiger partial charge is 0.245 e. The zero-order chi connectivity index (χ0) is 22.7. The van der Waals surface area contributed by atoms with Crippen LogP contribution in [-0.4, -0.2) is 48.2 Å². The number of aromatic amines is 1. The average molecular weight is 435 g/mol. The molecule has 32 heavy (non-hydrogen) atoms. The minimum absolute atomic E-state index is 0.0945. The zero-order valence-corrected chi connectivity index (χ0v) is 19.0. The molecule has 9 nitrogen and oxygen atoms in total. The van der Waals surface area contributed by atoms with Crippen LogP contribution < -0.4 is 10.2 Å². The summed E-state index contributed by atoms with van der Waals surface area (Å²) < 4.78 is 3.70. The molecule has 1 atom stereocenters. The van der Waals surface area contributed by atoms with Crippen molar-refractivity contribution in [2.75, 3.05) is 23.3 Å². The van der Waals surface area contributed by atoms with Crippen molar-refractivity contribution >= 4 is 28.9 Å². The summed E-state index contributed by atoms with van der Waals surface area (Å²) in [7, 11) is 1.90. The van der Waals surface area contributed by atoms with Crippen LogP contribution in [0.2, 0.25) is 0 Å². The van der Waals surface area contributed by atoms with Crippen LogP contribution >= 0.6 is 0 Å². The number of nitrogens with one attached hydrogen (secondary N) is 2. The largest absolute Gasteiger partial charge is 0.348 e. The van der Waals surface area contributed by atoms with Crippen LogP contribution in [0.15, 0.2) is 42.7 Å². The molecule has 0 saturated heterocycles. The fourth-order valence-corrected chi connectivity index (χ4v) is 3.78. The monoisotopic (exact) mass is 434 g/mol. The van der Waals surface area contributed by atoms with Crippen molar-refractivity contribution in [3.63, 3.8) is 0 Å². The molecule has 0 spiro atoms. The number of nitrogens with zero attached hydrogens (tertiary/aromatic N) is 6. The molecule has 4 aromatic rings. The molecule has 0 radical (unpaired) electrons. The summed E-state index contributed by atoms with van der Waals surface area (Å²) in [6, 6.07) is 9.62. The second kappa shape index (κ2) is 9.25. The number of ketones is 1. The number of aryl methyl sites for hydroxylation is 2. The minimum Gasteiger partial charge on any atom is -0.348 e. The van der Waals surface area contributed by atoms with E-state index in [-0.39, 0.29) is 11.7 Å². The maximum Gasteiger partial charge on any atom is 0.245 e. The van der Waals surface area contributed by atoms with Crippen LogP contribution in [-0.2, 0) is 7.05 Å². The maximum atomic E-state index is 12.8. The highest BCUT2D eigenvalue weighted by atomic mass is 16.1. The molecule has 0 amide bonds. The molecule has 1 unspecified atom stereocenters. The Labute approximate surface area is 187 Å². The lowest BCUT2D eigenvalue weighted by atomic mass is 10.00. The highest BCUT2D eigenvalue weighted by molar-refractivity contribution is 5.96. The van der Waals surface area contributed by atoms with Gasteiger partial charge in [0.15, 0.2) is 17.4 Å². The van der Waals surface area contributed by atoms with E-state index in [1.165, 1.54) is 0 Å². The van der Waals surface area contributed by atoms with Crippen molar-refractivity contribution < 1.29 is 4.79 Å². The Bertz CT molecular complexity index is 1200. The van der Waals surface area contributed by atoms with Crippen LogP contribution in [0.25, 0.3) is 5.52 Å². The van der Waals surface area contributed by atoms with E-state index in [2.05, 4.69) is 27.3 Å². The van der Waals surface area contributed by atoms with Crippen LogP contribution in [0, 0.1) is 12.8 Å². The number of fused-ring (bicyclic) bond motifs is 1. The van der Waals surface area contributed by atoms with E-state index in [1.807, 2.05) is 72.7 Å². The molecule has 0 aliphatic carbocycles. The molecule has 0 bridgehead atoms. The summed E-state index contributed by atoms with van der Waals surface area (Å²) in [5, 5.41) is 15.2. The molecule has 0 aliphatic heterocycles. The number of anilines is 3. The van der Waals surface area contributed by atoms with Gasteiger partial charge in [-0.05, 0) is 44.0 Å². The van der Waals surface area contributed by atoms with Crippen molar-refractivity contribution in [1.82, 2.24) is 29.4 Å². The highest BCUT2D eigenvalue weighted by Crippen LogP contribution is 2.23. The molecular weight excluding hydrogens is 404 g/mol. The van der Waals surface area contributed by atoms with Gasteiger partial charge >= 0.3 is 0 Å². The number of carbonyl (C=O) groups is 1. The van der Waals surface area contributed by atoms with Gasteiger partial charge in [0, 0.05) is 50.2 Å². The van der Waals surface area contributed by atoms with Crippen LogP contribution in [0.3, 0.4) is 0 Å². The maximum absolute atomic E-state index is 12.8. The van der Waals surface area contributed by atoms with Crippen molar-refractivity contribution in [2.24, 2.45) is 13.0 Å². The van der Waals surface area contributed by atoms with Crippen molar-refractivity contribution in [2.45, 2.75) is 33.6 Å². The fraction of sp³-hybridized carbons (Fsp3) is 0.391. The SMILES string of the molecule is CCCN(CCC(C)C(=O)c1cccn1C)c1nc(Nc2cc(C)[nH]n2)c2cccn2n1. The van der Waals surface area contributed by atoms with Gasteiger partial charge in [-0.25, -0.2) is 4.52 Å². The van der Waals surface area contributed by atoms with E-state index in [1.54, 1.807) is 0 Å². The van der Waals surface area contributed by atoms with Gasteiger partial charge in [-0.15, -0.1) is 5.10 Å². The lowest BCUT2D eigenvalue weighted by molar-refractivity contribution is 0.0917. The van der Waals surface area contributed by atoms with Gasteiger partial charge in [-0.1, -0.05) is 13.8 Å². The summed E-state index contributed by atoms with van der Waals surface area (Å²) in [5.74, 6) is 2.10. The molecule has 0 aromatic carbocycles. The lowest BCUT2D eigenvalue weighted by Crippen LogP contribution is -2.30. The third-order valence-corrected chi connectivity index (χ3v) is 5.58. The Morgan fingerprint density at radius 2 is 2.06 bits per heavy atom. The normalized spacial score (nSPS) is 12.2. The zero-order valence-electron chi connectivity index (χ0n) is 19.0. The number of H-pyrrole nitrogens is 1. The number of aromatic nitrogens is 6. The Balaban J connectivity index is 1.55. The minimum atomic E-state index is -0.0945. The summed E-state index contributed by atoms with van der Waals surface area (Å²) in [6.45, 7) is 7.57. The van der Waals surface area contributed by atoms with E-state index >= 15 is 0 Å². The van der Waals surface area contributed by atoms with E-state index in [4.69, 9.17) is 10.1 Å². The standard InChI is InChI=1S/C23H30N8O/c1-5-11-30(14-10-16(2)21(32)18-8-6-12-29(18)4)23-25-22(19-9-7-13-31(19)28-23)24-20-15-17(3)26-27-20/h6-9,12-13,15-16H,5,10-11,14H2,1-4H3,(H2,24,25,26,27,28). The number of carbonyl (C=O) groups excluding carboxylic acids is 1. The van der Waals surface area contributed by atoms with Crippen LogP contribution in [0.1, 0.15) is 42.9 Å². The van der Waals surface area contributed by atoms with Gasteiger partial charge < -0.3 is 14.8 Å². The second-order valence-electron chi connectivity index (χ2n) is 8.20. The molecule has 4 rings (SSSR count). The molecule has 0 aliphatic rings. The topological polar surface area (TPSA) is 96.1 Å². The molecule has 0 saturated carbocycles. The van der Waals surface area contributed by atoms with Crippen LogP contribution in [0.4, 0.5) is 17.6 Å². The van der Waals surface area contributed by atoms with E-state index in [0.717, 1.165) is 36.3 Å². The van der Waals surface area contributed by atoms with Gasteiger partial charge in [-0.3, -0.25) is 9.89 Å². The van der Waals surface area contributed by atoms with E-state index < -0.39 is 0 Å². The third-order valence-electron chi connectivity index (χ3n) is 5.58. The van der Waals surface area contributed by atoms with Gasteiger partial charge in [0.2, 0.25) is 5.95 Å². The van der Waals surface area contributed by atoms with Gasteiger partial charge in [0.25, 0.3) is 0 Å². The summed E-state index contributed by atoms with van der Waals surface area (Å²) in [6.07, 6.45) is 5.49. The Morgan fingerprint density at radius 3 is 2.75 bits per heavy atom. The molecule has 4 heterocycles. The molecule has 4 aromatic heterocycles. The van der Waals surface area contributed by atoms with Gasteiger partial charge in [0.1, 0.15) is 5.52 Å². The predicted octanol–water partition coefficient (Wildman–Crippen LogP) is 3.97. The van der Waals surface area contributed by atoms with E-state index in [9.17, 15) is 4.79 Å².